The van der Waals surface area contributed by atoms with Gasteiger partial charge in [0.05, 0.1) is 18.3 Å². The Morgan fingerprint density at radius 3 is 2.69 bits per heavy atom. The molecule has 0 spiro atoms. The standard InChI is InChI=1S/C19H16N4O2S/c1-11-20-10-15(26-11)18(24)23-19-21-16-13(12-6-4-3-5-7-12)8-9-14(25-2)17(16)22-19/h3-10H,1-2H3,(H2,21,22,23,24). The Morgan fingerprint density at radius 2 is 2.00 bits per heavy atom. The lowest BCUT2D eigenvalue weighted by Gasteiger charge is -2.05. The molecule has 1 amide bonds. The second-order valence-corrected chi connectivity index (χ2v) is 6.92. The number of carbonyl (C=O) groups is 1. The van der Waals surface area contributed by atoms with E-state index in [2.05, 4.69) is 20.3 Å². The van der Waals surface area contributed by atoms with Crippen molar-refractivity contribution < 1.29 is 9.53 Å². The van der Waals surface area contributed by atoms with Crippen molar-refractivity contribution >= 4 is 34.2 Å². The second-order valence-electron chi connectivity index (χ2n) is 5.69. The summed E-state index contributed by atoms with van der Waals surface area (Å²) in [6.07, 6.45) is 1.56. The zero-order valence-electron chi connectivity index (χ0n) is 14.2. The van der Waals surface area contributed by atoms with Crippen molar-refractivity contribution in [2.45, 2.75) is 6.92 Å². The average molecular weight is 364 g/mol. The average Bonchev–Trinajstić information content (AvgIpc) is 3.27. The molecule has 2 heterocycles. The Labute approximate surface area is 153 Å². The van der Waals surface area contributed by atoms with E-state index in [1.165, 1.54) is 11.3 Å². The number of hydrogen-bond acceptors (Lipinski definition) is 5. The molecule has 2 aromatic carbocycles. The van der Waals surface area contributed by atoms with Crippen LogP contribution < -0.4 is 10.1 Å². The number of nitrogens with zero attached hydrogens (tertiary/aromatic N) is 2. The van der Waals surface area contributed by atoms with E-state index >= 15 is 0 Å². The number of aromatic nitrogens is 3. The molecule has 0 atom stereocenters. The van der Waals surface area contributed by atoms with Gasteiger partial charge in [-0.1, -0.05) is 30.3 Å². The minimum Gasteiger partial charge on any atom is -0.494 e. The maximum absolute atomic E-state index is 12.4. The number of H-pyrrole nitrogens is 1. The summed E-state index contributed by atoms with van der Waals surface area (Å²) in [4.78, 5) is 24.8. The number of anilines is 1. The molecule has 6 nitrogen and oxygen atoms in total. The van der Waals surface area contributed by atoms with Gasteiger partial charge in [0.1, 0.15) is 21.7 Å². The number of fused-ring (bicyclic) bond motifs is 1. The first-order valence-corrected chi connectivity index (χ1v) is 8.83. The number of methoxy groups -OCH3 is 1. The van der Waals surface area contributed by atoms with Crippen molar-refractivity contribution in [2.75, 3.05) is 12.4 Å². The van der Waals surface area contributed by atoms with Crippen LogP contribution in [0, 0.1) is 6.92 Å². The number of nitrogens with one attached hydrogen (secondary N) is 2. The van der Waals surface area contributed by atoms with Crippen LogP contribution in [0.2, 0.25) is 0 Å². The van der Waals surface area contributed by atoms with E-state index in [1.54, 1.807) is 13.3 Å². The molecule has 4 aromatic rings. The minimum absolute atomic E-state index is 0.241. The highest BCUT2D eigenvalue weighted by molar-refractivity contribution is 7.13. The van der Waals surface area contributed by atoms with Gasteiger partial charge in [-0.3, -0.25) is 10.1 Å². The summed E-state index contributed by atoms with van der Waals surface area (Å²) in [6, 6.07) is 13.8. The van der Waals surface area contributed by atoms with Gasteiger partial charge in [-0.2, -0.15) is 0 Å². The summed E-state index contributed by atoms with van der Waals surface area (Å²) in [7, 11) is 1.61. The van der Waals surface area contributed by atoms with Crippen LogP contribution in [0.5, 0.6) is 5.75 Å². The van der Waals surface area contributed by atoms with Crippen LogP contribution in [0.1, 0.15) is 14.7 Å². The first-order valence-electron chi connectivity index (χ1n) is 8.01. The highest BCUT2D eigenvalue weighted by Gasteiger charge is 2.16. The molecule has 2 N–H and O–H groups in total. The predicted octanol–water partition coefficient (Wildman–Crippen LogP) is 4.26. The van der Waals surface area contributed by atoms with E-state index < -0.39 is 0 Å². The smallest absolute Gasteiger partial charge is 0.269 e. The summed E-state index contributed by atoms with van der Waals surface area (Å²) in [5.41, 5.74) is 3.49. The normalized spacial score (nSPS) is 10.8. The molecule has 0 saturated carbocycles. The number of aryl methyl sites for hydroxylation is 1. The summed E-state index contributed by atoms with van der Waals surface area (Å²) in [5, 5.41) is 3.64. The summed E-state index contributed by atoms with van der Waals surface area (Å²) < 4.78 is 5.43. The molecular weight excluding hydrogens is 348 g/mol. The van der Waals surface area contributed by atoms with E-state index in [9.17, 15) is 4.79 Å². The second kappa shape index (κ2) is 6.61. The van der Waals surface area contributed by atoms with Gasteiger partial charge in [0.15, 0.2) is 0 Å². The lowest BCUT2D eigenvalue weighted by Crippen LogP contribution is -2.11. The molecule has 130 valence electrons. The van der Waals surface area contributed by atoms with Crippen LogP contribution in [-0.4, -0.2) is 28.0 Å². The van der Waals surface area contributed by atoms with Gasteiger partial charge in [0.25, 0.3) is 5.91 Å². The van der Waals surface area contributed by atoms with Gasteiger partial charge >= 0.3 is 0 Å². The third-order valence-corrected chi connectivity index (χ3v) is 4.90. The minimum atomic E-state index is -0.241. The van der Waals surface area contributed by atoms with Gasteiger partial charge in [0.2, 0.25) is 5.95 Å². The number of benzene rings is 2. The fourth-order valence-electron chi connectivity index (χ4n) is 2.78. The third kappa shape index (κ3) is 2.93. The molecule has 0 saturated heterocycles. The number of hydrogen-bond donors (Lipinski definition) is 2. The molecule has 4 rings (SSSR count). The van der Waals surface area contributed by atoms with Crippen LogP contribution in [0.4, 0.5) is 5.95 Å². The first-order chi connectivity index (χ1) is 12.7. The number of thiazole rings is 1. The molecule has 0 radical (unpaired) electrons. The first kappa shape index (κ1) is 16.3. The lowest BCUT2D eigenvalue weighted by molar-refractivity contribution is 0.102. The van der Waals surface area contributed by atoms with Crippen molar-refractivity contribution in [3.8, 4) is 16.9 Å². The molecule has 0 bridgehead atoms. The Morgan fingerprint density at radius 1 is 1.19 bits per heavy atom. The molecule has 2 aromatic heterocycles. The molecule has 0 unspecified atom stereocenters. The summed E-state index contributed by atoms with van der Waals surface area (Å²) in [5.74, 6) is 0.800. The van der Waals surface area contributed by atoms with Crippen LogP contribution in [0.15, 0.2) is 48.7 Å². The number of ether oxygens (including phenoxy) is 1. The fraction of sp³-hybridized carbons (Fsp3) is 0.105. The highest BCUT2D eigenvalue weighted by Crippen LogP contribution is 2.33. The van der Waals surface area contributed by atoms with Gasteiger partial charge < -0.3 is 9.72 Å². The van der Waals surface area contributed by atoms with Crippen LogP contribution in [0.3, 0.4) is 0 Å². The van der Waals surface area contributed by atoms with Crippen molar-refractivity contribution in [3.63, 3.8) is 0 Å². The number of carbonyl (C=O) groups excluding carboxylic acids is 1. The highest BCUT2D eigenvalue weighted by atomic mass is 32.1. The molecular formula is C19H16N4O2S. The topological polar surface area (TPSA) is 79.9 Å². The Balaban J connectivity index is 1.76. The van der Waals surface area contributed by atoms with Crippen molar-refractivity contribution in [1.82, 2.24) is 15.0 Å². The fourth-order valence-corrected chi connectivity index (χ4v) is 3.46. The van der Waals surface area contributed by atoms with Crippen molar-refractivity contribution in [3.05, 3.63) is 58.5 Å². The Hall–Kier alpha value is -3.19. The van der Waals surface area contributed by atoms with E-state index in [-0.39, 0.29) is 5.91 Å². The molecule has 7 heteroatoms. The number of rotatable bonds is 4. The van der Waals surface area contributed by atoms with Crippen LogP contribution >= 0.6 is 11.3 Å². The predicted molar refractivity (Wildman–Crippen MR) is 103 cm³/mol. The van der Waals surface area contributed by atoms with Gasteiger partial charge in [-0.25, -0.2) is 9.97 Å². The van der Waals surface area contributed by atoms with Crippen molar-refractivity contribution in [1.29, 1.82) is 0 Å². The van der Waals surface area contributed by atoms with Gasteiger partial charge in [0, 0.05) is 5.56 Å². The van der Waals surface area contributed by atoms with Crippen LogP contribution in [0.25, 0.3) is 22.2 Å². The number of aromatic amines is 1. The van der Waals surface area contributed by atoms with E-state index in [0.29, 0.717) is 16.6 Å². The monoisotopic (exact) mass is 364 g/mol. The number of imidazole rings is 1. The zero-order chi connectivity index (χ0) is 18.1. The lowest BCUT2D eigenvalue weighted by atomic mass is 10.0. The van der Waals surface area contributed by atoms with E-state index in [0.717, 1.165) is 27.2 Å². The molecule has 0 aliphatic rings. The van der Waals surface area contributed by atoms with Crippen molar-refractivity contribution in [2.24, 2.45) is 0 Å². The quantitative estimate of drug-likeness (QED) is 0.567. The molecule has 0 aliphatic carbocycles. The summed E-state index contributed by atoms with van der Waals surface area (Å²) in [6.45, 7) is 1.86. The largest absolute Gasteiger partial charge is 0.494 e. The van der Waals surface area contributed by atoms with Crippen LogP contribution in [-0.2, 0) is 0 Å². The van der Waals surface area contributed by atoms with E-state index in [4.69, 9.17) is 4.74 Å². The maximum atomic E-state index is 12.4. The SMILES string of the molecule is COc1ccc(-c2ccccc2)c2nc(NC(=O)c3cnc(C)s3)[nH]c12. The zero-order valence-corrected chi connectivity index (χ0v) is 15.1. The third-order valence-electron chi connectivity index (χ3n) is 3.99. The Kier molecular flexibility index (Phi) is 4.14. The molecule has 26 heavy (non-hydrogen) atoms. The van der Waals surface area contributed by atoms with Gasteiger partial charge in [-0.05, 0) is 24.6 Å². The number of amides is 1. The summed E-state index contributed by atoms with van der Waals surface area (Å²) >= 11 is 1.34. The molecule has 0 aliphatic heterocycles. The van der Waals surface area contributed by atoms with Gasteiger partial charge in [-0.15, -0.1) is 11.3 Å². The maximum Gasteiger partial charge on any atom is 0.269 e. The van der Waals surface area contributed by atoms with E-state index in [1.807, 2.05) is 49.4 Å². The molecule has 0 fully saturated rings. The Bertz CT molecular complexity index is 1090.